The molecule has 0 aromatic heterocycles. The molecule has 0 fully saturated rings. The first-order valence-electron chi connectivity index (χ1n) is 10.2. The molecule has 0 saturated heterocycles. The fraction of sp³-hybridized carbons (Fsp3) is 0.900. The van der Waals surface area contributed by atoms with E-state index in [0.717, 1.165) is 0 Å². The maximum Gasteiger partial charge on any atom is 0.410 e. The zero-order chi connectivity index (χ0) is 22.7. The Morgan fingerprint density at radius 3 is 1.40 bits per heavy atom. The van der Waals surface area contributed by atoms with Crippen LogP contribution in [0.15, 0.2) is 0 Å². The van der Waals surface area contributed by atoms with Crippen LogP contribution in [0.25, 0.3) is 0 Å². The first-order chi connectivity index (χ1) is 14.2. The topological polar surface area (TPSA) is 102 Å². The average molecular weight is 438 g/mol. The van der Waals surface area contributed by atoms with Crippen LogP contribution in [0.5, 0.6) is 0 Å². The molecule has 0 saturated carbocycles. The van der Waals surface area contributed by atoms with Crippen molar-refractivity contribution >= 4 is 12.1 Å². The molecule has 0 rings (SSSR count). The minimum absolute atomic E-state index is 0.257. The highest BCUT2D eigenvalue weighted by atomic mass is 16.6. The van der Waals surface area contributed by atoms with Crippen molar-refractivity contribution in [1.82, 2.24) is 4.90 Å². The van der Waals surface area contributed by atoms with Crippen LogP contribution in [-0.4, -0.2) is 109 Å². The molecule has 0 heterocycles. The molecule has 30 heavy (non-hydrogen) atoms. The largest absolute Gasteiger partial charge is 0.463 e. The summed E-state index contributed by atoms with van der Waals surface area (Å²) in [5.41, 5.74) is -0.504. The number of hydrogen-bond donors (Lipinski definition) is 0. The molecule has 0 unspecified atom stereocenters. The number of carbonyl (C=O) groups is 2. The number of rotatable bonds is 18. The van der Waals surface area contributed by atoms with E-state index in [9.17, 15) is 9.59 Å². The van der Waals surface area contributed by atoms with Gasteiger partial charge < -0.3 is 38.1 Å². The van der Waals surface area contributed by atoms with Crippen molar-refractivity contribution in [3.05, 3.63) is 0 Å². The molecule has 0 aliphatic heterocycles. The number of esters is 1. The fourth-order valence-electron chi connectivity index (χ4n) is 1.86. The third kappa shape index (κ3) is 21.3. The lowest BCUT2D eigenvalue weighted by atomic mass is 10.2. The van der Waals surface area contributed by atoms with Gasteiger partial charge in [0.25, 0.3) is 0 Å². The highest BCUT2D eigenvalue weighted by Crippen LogP contribution is 2.08. The van der Waals surface area contributed by atoms with Gasteiger partial charge >= 0.3 is 12.1 Å². The quantitative estimate of drug-likeness (QED) is 0.233. The number of ether oxygens (including phenoxy) is 7. The first-order valence-corrected chi connectivity index (χ1v) is 10.2. The SMILES string of the molecule is CC(=O)OCCOCCOCCOCCOCCOCCN(C)C(=O)OC(C)(C)C. The van der Waals surface area contributed by atoms with Crippen LogP contribution >= 0.6 is 0 Å². The summed E-state index contributed by atoms with van der Waals surface area (Å²) in [6.07, 6.45) is -0.365. The maximum atomic E-state index is 11.8. The molecule has 0 bridgehead atoms. The summed E-state index contributed by atoms with van der Waals surface area (Å²) in [7, 11) is 1.67. The minimum atomic E-state index is -0.504. The Balaban J connectivity index is 3.25. The Kier molecular flexibility index (Phi) is 17.4. The molecule has 0 N–H and O–H groups in total. The summed E-state index contributed by atoms with van der Waals surface area (Å²) >= 11 is 0. The molecular formula is C20H39NO9. The van der Waals surface area contributed by atoms with Crippen LogP contribution in [0, 0.1) is 0 Å². The molecule has 0 aromatic carbocycles. The number of nitrogens with zero attached hydrogens (tertiary/aromatic N) is 1. The zero-order valence-corrected chi connectivity index (χ0v) is 19.1. The van der Waals surface area contributed by atoms with Crippen molar-refractivity contribution in [1.29, 1.82) is 0 Å². The van der Waals surface area contributed by atoms with Gasteiger partial charge in [-0.25, -0.2) is 4.79 Å². The number of hydrogen-bond acceptors (Lipinski definition) is 9. The van der Waals surface area contributed by atoms with Crippen molar-refractivity contribution in [3.63, 3.8) is 0 Å². The highest BCUT2D eigenvalue weighted by molar-refractivity contribution is 5.67. The van der Waals surface area contributed by atoms with Gasteiger partial charge in [0, 0.05) is 20.5 Å². The van der Waals surface area contributed by atoms with Crippen LogP contribution in [0.2, 0.25) is 0 Å². The highest BCUT2D eigenvalue weighted by Gasteiger charge is 2.19. The Labute approximate surface area is 180 Å². The van der Waals surface area contributed by atoms with Crippen LogP contribution in [0.3, 0.4) is 0 Å². The molecule has 0 spiro atoms. The Morgan fingerprint density at radius 2 is 1.03 bits per heavy atom. The molecule has 0 atom stereocenters. The number of carbonyl (C=O) groups excluding carboxylic acids is 2. The lowest BCUT2D eigenvalue weighted by Crippen LogP contribution is -2.36. The summed E-state index contributed by atoms with van der Waals surface area (Å²) in [5, 5.41) is 0. The minimum Gasteiger partial charge on any atom is -0.463 e. The maximum absolute atomic E-state index is 11.8. The van der Waals surface area contributed by atoms with Gasteiger partial charge in [-0.05, 0) is 20.8 Å². The number of amides is 1. The van der Waals surface area contributed by atoms with E-state index in [-0.39, 0.29) is 18.7 Å². The molecule has 0 radical (unpaired) electrons. The lowest BCUT2D eigenvalue weighted by Gasteiger charge is -2.24. The molecule has 0 aliphatic rings. The van der Waals surface area contributed by atoms with E-state index in [4.69, 9.17) is 33.2 Å². The van der Waals surface area contributed by atoms with Gasteiger partial charge in [0.15, 0.2) is 0 Å². The normalized spacial score (nSPS) is 11.4. The van der Waals surface area contributed by atoms with Crippen LogP contribution in [-0.2, 0) is 38.0 Å². The van der Waals surface area contributed by atoms with Gasteiger partial charge in [-0.3, -0.25) is 4.79 Å². The van der Waals surface area contributed by atoms with Crippen molar-refractivity contribution in [2.75, 3.05) is 86.3 Å². The van der Waals surface area contributed by atoms with Gasteiger partial charge in [0.1, 0.15) is 12.2 Å². The molecule has 1 amide bonds. The summed E-state index contributed by atoms with van der Waals surface area (Å²) in [6.45, 7) is 12.0. The smallest absolute Gasteiger partial charge is 0.410 e. The second-order valence-electron chi connectivity index (χ2n) is 7.30. The predicted octanol–water partition coefficient (Wildman–Crippen LogP) is 1.50. The van der Waals surface area contributed by atoms with Crippen LogP contribution < -0.4 is 0 Å². The third-order valence-corrected chi connectivity index (χ3v) is 3.30. The first kappa shape index (κ1) is 28.5. The summed E-state index contributed by atoms with van der Waals surface area (Å²) < 4.78 is 36.8. The lowest BCUT2D eigenvalue weighted by molar-refractivity contribution is -0.142. The van der Waals surface area contributed by atoms with Crippen LogP contribution in [0.1, 0.15) is 27.7 Å². The standard InChI is InChI=1S/C20H39NO9/c1-18(22)29-17-16-28-15-14-27-13-12-26-11-10-25-9-8-24-7-6-21(5)19(23)30-20(2,3)4/h6-17H2,1-5H3. The van der Waals surface area contributed by atoms with Gasteiger partial charge in [-0.1, -0.05) is 0 Å². The van der Waals surface area contributed by atoms with Gasteiger partial charge in [-0.2, -0.15) is 0 Å². The van der Waals surface area contributed by atoms with Gasteiger partial charge in [-0.15, -0.1) is 0 Å². The van der Waals surface area contributed by atoms with E-state index in [1.54, 1.807) is 7.05 Å². The van der Waals surface area contributed by atoms with Crippen molar-refractivity contribution in [3.8, 4) is 0 Å². The Hall–Kier alpha value is -1.46. The second-order valence-corrected chi connectivity index (χ2v) is 7.30. The second kappa shape index (κ2) is 18.3. The summed E-state index contributed by atoms with van der Waals surface area (Å²) in [4.78, 5) is 23.8. The molecule has 0 aliphatic carbocycles. The Morgan fingerprint density at radius 1 is 0.667 bits per heavy atom. The van der Waals surface area contributed by atoms with E-state index in [0.29, 0.717) is 72.6 Å². The van der Waals surface area contributed by atoms with E-state index >= 15 is 0 Å². The third-order valence-electron chi connectivity index (χ3n) is 3.30. The molecule has 10 nitrogen and oxygen atoms in total. The van der Waals surface area contributed by atoms with Gasteiger partial charge in [0.2, 0.25) is 0 Å². The van der Waals surface area contributed by atoms with Crippen molar-refractivity contribution < 1.29 is 42.7 Å². The van der Waals surface area contributed by atoms with Crippen molar-refractivity contribution in [2.45, 2.75) is 33.3 Å². The van der Waals surface area contributed by atoms with Crippen LogP contribution in [0.4, 0.5) is 4.79 Å². The fourth-order valence-corrected chi connectivity index (χ4v) is 1.86. The van der Waals surface area contributed by atoms with E-state index in [2.05, 4.69) is 0 Å². The van der Waals surface area contributed by atoms with E-state index < -0.39 is 5.60 Å². The Bertz CT molecular complexity index is 440. The summed E-state index contributed by atoms with van der Waals surface area (Å²) in [6, 6.07) is 0. The monoisotopic (exact) mass is 437 g/mol. The molecule has 178 valence electrons. The molecule has 0 aromatic rings. The predicted molar refractivity (Wildman–Crippen MR) is 110 cm³/mol. The van der Waals surface area contributed by atoms with E-state index in [1.807, 2.05) is 20.8 Å². The van der Waals surface area contributed by atoms with Crippen molar-refractivity contribution in [2.24, 2.45) is 0 Å². The number of likely N-dealkylation sites (N-methyl/N-ethyl adjacent to an activating group) is 1. The summed E-state index contributed by atoms with van der Waals surface area (Å²) in [5.74, 6) is -0.313. The van der Waals surface area contributed by atoms with Gasteiger partial charge in [0.05, 0.1) is 66.1 Å². The van der Waals surface area contributed by atoms with E-state index in [1.165, 1.54) is 11.8 Å². The molecule has 10 heteroatoms. The zero-order valence-electron chi connectivity index (χ0n) is 19.1. The molecular weight excluding hydrogens is 398 g/mol. The average Bonchev–Trinajstić information content (AvgIpc) is 2.65.